The number of nitrogens with one attached hydrogen (secondary N) is 1. The van der Waals surface area contributed by atoms with Crippen LogP contribution in [0, 0.1) is 5.92 Å². The van der Waals surface area contributed by atoms with E-state index >= 15 is 0 Å². The van der Waals surface area contributed by atoms with Crippen LogP contribution in [0.25, 0.3) is 0 Å². The van der Waals surface area contributed by atoms with Gasteiger partial charge in [0.25, 0.3) is 0 Å². The summed E-state index contributed by atoms with van der Waals surface area (Å²) in [6, 6.07) is 12.1. The molecule has 3 heterocycles. The molecule has 0 amide bonds. The molecule has 5 atom stereocenters. The fourth-order valence-corrected chi connectivity index (χ4v) is 4.34. The molecule has 3 heteroatoms. The van der Waals surface area contributed by atoms with E-state index in [2.05, 4.69) is 47.5 Å². The van der Waals surface area contributed by atoms with Crippen molar-refractivity contribution in [3.63, 3.8) is 0 Å². The van der Waals surface area contributed by atoms with Crippen LogP contribution in [0.2, 0.25) is 0 Å². The van der Waals surface area contributed by atoms with Crippen molar-refractivity contribution in [2.45, 2.75) is 57.0 Å². The molecule has 3 saturated heterocycles. The summed E-state index contributed by atoms with van der Waals surface area (Å²) in [6.07, 6.45) is 4.81. The van der Waals surface area contributed by atoms with Crippen LogP contribution in [0.3, 0.4) is 0 Å². The lowest BCUT2D eigenvalue weighted by molar-refractivity contribution is 0.0955. The maximum absolute atomic E-state index is 5.98. The third-order valence-electron chi connectivity index (χ3n) is 5.47. The summed E-state index contributed by atoms with van der Waals surface area (Å²) in [7, 11) is 0. The molecule has 0 aromatic heterocycles. The smallest absolute Gasteiger partial charge is 0.0733 e. The molecule has 0 spiro atoms. The van der Waals surface area contributed by atoms with Gasteiger partial charge in [0.05, 0.1) is 12.2 Å². The first kappa shape index (κ1) is 13.7. The van der Waals surface area contributed by atoms with Gasteiger partial charge < -0.3 is 10.1 Å². The minimum absolute atomic E-state index is 0.491. The van der Waals surface area contributed by atoms with Gasteiger partial charge in [0.1, 0.15) is 0 Å². The third-order valence-corrected chi connectivity index (χ3v) is 5.47. The highest BCUT2D eigenvalue weighted by atomic mass is 16.5. The molecule has 1 N–H and O–H groups in total. The number of ether oxygens (including phenoxy) is 1. The van der Waals surface area contributed by atoms with Crippen LogP contribution in [0.5, 0.6) is 0 Å². The van der Waals surface area contributed by atoms with E-state index in [1.807, 2.05) is 0 Å². The van der Waals surface area contributed by atoms with Crippen molar-refractivity contribution in [2.75, 3.05) is 13.1 Å². The second kappa shape index (κ2) is 5.71. The van der Waals surface area contributed by atoms with Crippen molar-refractivity contribution in [1.82, 2.24) is 10.2 Å². The van der Waals surface area contributed by atoms with Crippen molar-refractivity contribution in [1.29, 1.82) is 0 Å². The highest BCUT2D eigenvalue weighted by molar-refractivity contribution is 5.15. The first-order chi connectivity index (χ1) is 10.3. The van der Waals surface area contributed by atoms with Gasteiger partial charge in [-0.15, -0.1) is 0 Å². The molecule has 3 nitrogen and oxygen atoms in total. The minimum atomic E-state index is 0.491. The van der Waals surface area contributed by atoms with Gasteiger partial charge in [-0.25, -0.2) is 0 Å². The number of nitrogens with zero attached hydrogens (tertiary/aromatic N) is 1. The Labute approximate surface area is 127 Å². The van der Waals surface area contributed by atoms with Crippen molar-refractivity contribution in [3.05, 3.63) is 35.9 Å². The molecule has 3 fully saturated rings. The summed E-state index contributed by atoms with van der Waals surface area (Å²) in [4.78, 5) is 2.59. The summed E-state index contributed by atoms with van der Waals surface area (Å²) in [5, 5.41) is 3.91. The zero-order valence-corrected chi connectivity index (χ0v) is 12.9. The van der Waals surface area contributed by atoms with E-state index in [-0.39, 0.29) is 0 Å². The van der Waals surface area contributed by atoms with Crippen LogP contribution in [0.1, 0.15) is 31.7 Å². The Morgan fingerprint density at radius 2 is 2.00 bits per heavy atom. The highest BCUT2D eigenvalue weighted by Gasteiger charge is 2.42. The molecule has 1 aromatic carbocycles. The van der Waals surface area contributed by atoms with E-state index in [4.69, 9.17) is 4.74 Å². The molecular weight excluding hydrogens is 260 g/mol. The lowest BCUT2D eigenvalue weighted by Crippen LogP contribution is -2.46. The van der Waals surface area contributed by atoms with E-state index in [1.165, 1.54) is 37.9 Å². The second-order valence-electron chi connectivity index (χ2n) is 7.15. The number of fused-ring (bicyclic) bond motifs is 2. The van der Waals surface area contributed by atoms with Crippen LogP contribution in [0.4, 0.5) is 0 Å². The molecule has 0 aliphatic carbocycles. The van der Waals surface area contributed by atoms with Gasteiger partial charge in [-0.1, -0.05) is 37.3 Å². The van der Waals surface area contributed by atoms with Crippen molar-refractivity contribution >= 4 is 0 Å². The Morgan fingerprint density at radius 1 is 1.14 bits per heavy atom. The molecule has 3 aliphatic heterocycles. The zero-order chi connectivity index (χ0) is 14.2. The zero-order valence-electron chi connectivity index (χ0n) is 12.9. The van der Waals surface area contributed by atoms with Gasteiger partial charge in [0.15, 0.2) is 0 Å². The van der Waals surface area contributed by atoms with E-state index < -0.39 is 0 Å². The van der Waals surface area contributed by atoms with Gasteiger partial charge in [0, 0.05) is 31.7 Å². The van der Waals surface area contributed by atoms with Crippen LogP contribution in [0.15, 0.2) is 30.3 Å². The average molecular weight is 286 g/mol. The fraction of sp³-hybridized carbons (Fsp3) is 0.667. The number of rotatable bonds is 4. The van der Waals surface area contributed by atoms with E-state index in [9.17, 15) is 0 Å². The Hall–Kier alpha value is -0.900. The normalized spacial score (nSPS) is 39.2. The van der Waals surface area contributed by atoms with Crippen molar-refractivity contribution in [2.24, 2.45) is 5.92 Å². The fourth-order valence-electron chi connectivity index (χ4n) is 4.34. The summed E-state index contributed by atoms with van der Waals surface area (Å²) >= 11 is 0. The SMILES string of the molecule is C[C@@H]1CN(Cc2ccccc2)C[C@H]1N[C@H]1C[C@H]2CC[C@H]1O2. The number of benzene rings is 1. The topological polar surface area (TPSA) is 24.5 Å². The summed E-state index contributed by atoms with van der Waals surface area (Å²) in [6.45, 7) is 5.84. The molecule has 114 valence electrons. The molecular formula is C18H26N2O. The Balaban J connectivity index is 1.33. The van der Waals surface area contributed by atoms with Crippen LogP contribution in [-0.4, -0.2) is 42.3 Å². The number of hydrogen-bond donors (Lipinski definition) is 1. The number of likely N-dealkylation sites (tertiary alicyclic amines) is 1. The maximum atomic E-state index is 5.98. The van der Waals surface area contributed by atoms with Crippen molar-refractivity contribution in [3.8, 4) is 0 Å². The van der Waals surface area contributed by atoms with Gasteiger partial charge in [-0.2, -0.15) is 0 Å². The van der Waals surface area contributed by atoms with E-state index in [0.29, 0.717) is 24.3 Å². The standard InChI is InChI=1S/C18H26N2O/c1-13-10-20(11-14-5-3-2-4-6-14)12-17(13)19-16-9-15-7-8-18(16)21-15/h2-6,13,15-19H,7-12H2,1H3/t13-,15-,16+,17-,18-/m1/s1. The third kappa shape index (κ3) is 2.87. The monoisotopic (exact) mass is 286 g/mol. The molecule has 21 heavy (non-hydrogen) atoms. The first-order valence-electron chi connectivity index (χ1n) is 8.46. The molecule has 1 aromatic rings. The van der Waals surface area contributed by atoms with E-state index in [1.54, 1.807) is 0 Å². The number of hydrogen-bond acceptors (Lipinski definition) is 3. The molecule has 0 radical (unpaired) electrons. The minimum Gasteiger partial charge on any atom is -0.373 e. The predicted octanol–water partition coefficient (Wildman–Crippen LogP) is 2.42. The lowest BCUT2D eigenvalue weighted by atomic mass is 9.94. The van der Waals surface area contributed by atoms with Crippen LogP contribution >= 0.6 is 0 Å². The largest absolute Gasteiger partial charge is 0.373 e. The molecule has 0 unspecified atom stereocenters. The molecule has 3 aliphatic rings. The Bertz CT molecular complexity index is 477. The predicted molar refractivity (Wildman–Crippen MR) is 84.1 cm³/mol. The van der Waals surface area contributed by atoms with Gasteiger partial charge in [0.2, 0.25) is 0 Å². The molecule has 0 saturated carbocycles. The summed E-state index contributed by atoms with van der Waals surface area (Å²) in [5.74, 6) is 0.729. The first-order valence-corrected chi connectivity index (χ1v) is 8.46. The van der Waals surface area contributed by atoms with Crippen LogP contribution < -0.4 is 5.32 Å². The van der Waals surface area contributed by atoms with Gasteiger partial charge in [-0.05, 0) is 30.7 Å². The van der Waals surface area contributed by atoms with E-state index in [0.717, 1.165) is 12.5 Å². The maximum Gasteiger partial charge on any atom is 0.0733 e. The molecule has 4 rings (SSSR count). The Morgan fingerprint density at radius 3 is 2.71 bits per heavy atom. The Kier molecular flexibility index (Phi) is 3.74. The summed E-state index contributed by atoms with van der Waals surface area (Å²) in [5.41, 5.74) is 1.42. The van der Waals surface area contributed by atoms with Crippen LogP contribution in [-0.2, 0) is 11.3 Å². The van der Waals surface area contributed by atoms with Crippen molar-refractivity contribution < 1.29 is 4.74 Å². The van der Waals surface area contributed by atoms with Gasteiger partial charge >= 0.3 is 0 Å². The van der Waals surface area contributed by atoms with Gasteiger partial charge in [-0.3, -0.25) is 4.90 Å². The average Bonchev–Trinajstić information content (AvgIpc) is 3.17. The lowest BCUT2D eigenvalue weighted by Gasteiger charge is -2.26. The summed E-state index contributed by atoms with van der Waals surface area (Å²) < 4.78 is 5.98. The quantitative estimate of drug-likeness (QED) is 0.920. The molecule has 2 bridgehead atoms. The second-order valence-corrected chi connectivity index (χ2v) is 7.15. The highest BCUT2D eigenvalue weighted by Crippen LogP contribution is 2.35.